The fraction of sp³-hybridized carbons (Fsp3) is 0.176. The van der Waals surface area contributed by atoms with E-state index in [0.29, 0.717) is 10.8 Å². The first kappa shape index (κ1) is 17.7. The van der Waals surface area contributed by atoms with Crippen molar-refractivity contribution in [3.63, 3.8) is 0 Å². The topological polar surface area (TPSA) is 42.0 Å². The van der Waals surface area contributed by atoms with Crippen LogP contribution in [0.4, 0.5) is 13.2 Å². The lowest BCUT2D eigenvalue weighted by molar-refractivity contribution is -0.136. The molecule has 0 atom stereocenters. The Labute approximate surface area is 150 Å². The lowest BCUT2D eigenvalue weighted by atomic mass is 10.0. The predicted molar refractivity (Wildman–Crippen MR) is 92.1 cm³/mol. The number of thiophene rings is 1. The lowest BCUT2D eigenvalue weighted by Crippen LogP contribution is -2.28. The van der Waals surface area contributed by atoms with Crippen molar-refractivity contribution in [2.75, 3.05) is 6.54 Å². The van der Waals surface area contributed by atoms with Gasteiger partial charge in [-0.3, -0.25) is 9.78 Å². The van der Waals surface area contributed by atoms with Crippen LogP contribution in [0.5, 0.6) is 0 Å². The molecule has 1 amide bonds. The minimum atomic E-state index is -4.66. The second-order valence-electron chi connectivity index (χ2n) is 5.27. The van der Waals surface area contributed by atoms with E-state index < -0.39 is 23.2 Å². The second kappa shape index (κ2) is 7.01. The molecular weight excluding hydrogens is 373 g/mol. The van der Waals surface area contributed by atoms with E-state index >= 15 is 0 Å². The Hall–Kier alpha value is -2.12. The number of halogens is 4. The first-order valence-corrected chi connectivity index (χ1v) is 8.53. The summed E-state index contributed by atoms with van der Waals surface area (Å²) < 4.78 is 41.1. The highest BCUT2D eigenvalue weighted by Crippen LogP contribution is 2.36. The molecule has 1 aromatic carbocycles. The number of rotatable bonds is 4. The maximum absolute atomic E-state index is 13.5. The molecule has 0 radical (unpaired) electrons. The van der Waals surface area contributed by atoms with E-state index in [9.17, 15) is 18.0 Å². The second-order valence-corrected chi connectivity index (χ2v) is 7.07. The minimum absolute atomic E-state index is 0.0901. The van der Waals surface area contributed by atoms with Crippen LogP contribution in [-0.2, 0) is 12.6 Å². The summed E-state index contributed by atoms with van der Waals surface area (Å²) in [5.74, 6) is -0.798. The van der Waals surface area contributed by atoms with E-state index in [-0.39, 0.29) is 17.4 Å². The van der Waals surface area contributed by atoms with Crippen molar-refractivity contribution in [3.8, 4) is 0 Å². The number of para-hydroxylation sites is 1. The molecule has 1 N–H and O–H groups in total. The van der Waals surface area contributed by atoms with Gasteiger partial charge in [0.15, 0.2) is 0 Å². The Bertz CT molecular complexity index is 924. The van der Waals surface area contributed by atoms with Crippen molar-refractivity contribution in [1.82, 2.24) is 10.3 Å². The van der Waals surface area contributed by atoms with Crippen molar-refractivity contribution < 1.29 is 18.0 Å². The molecule has 25 heavy (non-hydrogen) atoms. The molecule has 3 rings (SSSR count). The summed E-state index contributed by atoms with van der Waals surface area (Å²) in [4.78, 5) is 17.2. The quantitative estimate of drug-likeness (QED) is 0.692. The predicted octanol–water partition coefficient (Wildman–Crippen LogP) is 4.94. The molecule has 0 aliphatic heterocycles. The SMILES string of the molecule is O=C(NCCc1ccc(Cl)s1)c1cnc2ccccc2c1C(F)(F)F. The molecule has 2 heterocycles. The first-order chi connectivity index (χ1) is 11.9. The summed E-state index contributed by atoms with van der Waals surface area (Å²) in [5.41, 5.74) is -1.25. The lowest BCUT2D eigenvalue weighted by Gasteiger charge is -2.15. The summed E-state index contributed by atoms with van der Waals surface area (Å²) in [7, 11) is 0. The number of carbonyl (C=O) groups excluding carboxylic acids is 1. The van der Waals surface area contributed by atoms with Gasteiger partial charge in [-0.15, -0.1) is 11.3 Å². The molecular formula is C17H12ClF3N2OS. The Morgan fingerprint density at radius 2 is 1.96 bits per heavy atom. The molecule has 2 aromatic heterocycles. The van der Waals surface area contributed by atoms with Crippen molar-refractivity contribution in [2.45, 2.75) is 12.6 Å². The Balaban J connectivity index is 1.85. The van der Waals surface area contributed by atoms with Gasteiger partial charge in [0.05, 0.1) is 21.0 Å². The van der Waals surface area contributed by atoms with Crippen molar-refractivity contribution in [3.05, 3.63) is 62.9 Å². The number of nitrogens with zero attached hydrogens (tertiary/aromatic N) is 1. The number of pyridine rings is 1. The summed E-state index contributed by atoms with van der Waals surface area (Å²) in [6, 6.07) is 9.43. The molecule has 0 bridgehead atoms. The van der Waals surface area contributed by atoms with Crippen molar-refractivity contribution in [1.29, 1.82) is 0 Å². The van der Waals surface area contributed by atoms with E-state index in [1.165, 1.54) is 29.5 Å². The number of benzene rings is 1. The maximum Gasteiger partial charge on any atom is 0.417 e. The third kappa shape index (κ3) is 3.93. The number of alkyl halides is 3. The standard InChI is InChI=1S/C17H12ClF3N2OS/c18-14-6-5-10(25-14)7-8-22-16(24)12-9-23-13-4-2-1-3-11(13)15(12)17(19,20)21/h1-6,9H,7-8H2,(H,22,24). The maximum atomic E-state index is 13.5. The summed E-state index contributed by atoms with van der Waals surface area (Å²) in [6.45, 7) is 0.208. The van der Waals surface area contributed by atoms with Gasteiger partial charge >= 0.3 is 6.18 Å². The minimum Gasteiger partial charge on any atom is -0.352 e. The van der Waals surface area contributed by atoms with E-state index in [1.807, 2.05) is 6.07 Å². The number of aromatic nitrogens is 1. The third-order valence-corrected chi connectivity index (χ3v) is 4.88. The van der Waals surface area contributed by atoms with E-state index in [1.54, 1.807) is 12.1 Å². The van der Waals surface area contributed by atoms with Crippen molar-refractivity contribution in [2.24, 2.45) is 0 Å². The van der Waals surface area contributed by atoms with Crippen LogP contribution >= 0.6 is 22.9 Å². The Morgan fingerprint density at radius 3 is 2.64 bits per heavy atom. The number of fused-ring (bicyclic) bond motifs is 1. The fourth-order valence-electron chi connectivity index (χ4n) is 2.50. The molecule has 3 nitrogen and oxygen atoms in total. The molecule has 0 fully saturated rings. The first-order valence-electron chi connectivity index (χ1n) is 7.33. The number of hydrogen-bond acceptors (Lipinski definition) is 3. The van der Waals surface area contributed by atoms with Crippen LogP contribution in [0, 0.1) is 0 Å². The van der Waals surface area contributed by atoms with Crippen LogP contribution in [0.25, 0.3) is 10.9 Å². The van der Waals surface area contributed by atoms with E-state index in [2.05, 4.69) is 10.3 Å². The summed E-state index contributed by atoms with van der Waals surface area (Å²) >= 11 is 7.19. The van der Waals surface area contributed by atoms with Crippen LogP contribution in [0.15, 0.2) is 42.6 Å². The Morgan fingerprint density at radius 1 is 1.20 bits per heavy atom. The smallest absolute Gasteiger partial charge is 0.352 e. The molecule has 0 saturated heterocycles. The van der Waals surface area contributed by atoms with Crippen molar-refractivity contribution >= 4 is 39.7 Å². The fourth-order valence-corrected chi connectivity index (χ4v) is 3.59. The average Bonchev–Trinajstić information content (AvgIpc) is 2.98. The van der Waals surface area contributed by atoms with E-state index in [4.69, 9.17) is 11.6 Å². The number of amides is 1. The zero-order valence-electron chi connectivity index (χ0n) is 12.7. The van der Waals surface area contributed by atoms with E-state index in [0.717, 1.165) is 11.1 Å². The van der Waals surface area contributed by atoms with Gasteiger partial charge in [-0.1, -0.05) is 29.8 Å². The highest BCUT2D eigenvalue weighted by molar-refractivity contribution is 7.16. The molecule has 0 aliphatic rings. The largest absolute Gasteiger partial charge is 0.417 e. The van der Waals surface area contributed by atoms with Gasteiger partial charge in [-0.25, -0.2) is 0 Å². The summed E-state index contributed by atoms with van der Waals surface area (Å²) in [6.07, 6.45) is -3.19. The zero-order chi connectivity index (χ0) is 18.0. The zero-order valence-corrected chi connectivity index (χ0v) is 14.3. The van der Waals surface area contributed by atoms with Gasteiger partial charge in [0, 0.05) is 23.0 Å². The van der Waals surface area contributed by atoms with Gasteiger partial charge < -0.3 is 5.32 Å². The molecule has 130 valence electrons. The molecule has 0 aliphatic carbocycles. The van der Waals surface area contributed by atoms with Crippen LogP contribution < -0.4 is 5.32 Å². The molecule has 0 saturated carbocycles. The van der Waals surface area contributed by atoms with Crippen LogP contribution in [0.3, 0.4) is 0 Å². The third-order valence-electron chi connectivity index (χ3n) is 3.59. The summed E-state index contributed by atoms with van der Waals surface area (Å²) in [5, 5.41) is 2.43. The normalized spacial score (nSPS) is 11.7. The molecule has 0 spiro atoms. The number of carbonyl (C=O) groups is 1. The number of nitrogens with one attached hydrogen (secondary N) is 1. The Kier molecular flexibility index (Phi) is 4.96. The molecule has 3 aromatic rings. The highest BCUT2D eigenvalue weighted by Gasteiger charge is 2.37. The van der Waals surface area contributed by atoms with Gasteiger partial charge in [-0.05, 0) is 24.6 Å². The monoisotopic (exact) mass is 384 g/mol. The van der Waals surface area contributed by atoms with Crippen LogP contribution in [-0.4, -0.2) is 17.4 Å². The van der Waals surface area contributed by atoms with Gasteiger partial charge in [0.2, 0.25) is 0 Å². The highest BCUT2D eigenvalue weighted by atomic mass is 35.5. The molecule has 8 heteroatoms. The van der Waals surface area contributed by atoms with Crippen LogP contribution in [0.2, 0.25) is 4.34 Å². The number of hydrogen-bond donors (Lipinski definition) is 1. The van der Waals surface area contributed by atoms with Gasteiger partial charge in [0.25, 0.3) is 5.91 Å². The molecule has 0 unspecified atom stereocenters. The van der Waals surface area contributed by atoms with Gasteiger partial charge in [-0.2, -0.15) is 13.2 Å². The average molecular weight is 385 g/mol. The van der Waals surface area contributed by atoms with Gasteiger partial charge in [0.1, 0.15) is 0 Å². The van der Waals surface area contributed by atoms with Crippen LogP contribution in [0.1, 0.15) is 20.8 Å².